The predicted molar refractivity (Wildman–Crippen MR) is 81.0 cm³/mol. The Morgan fingerprint density at radius 1 is 1.05 bits per heavy atom. The van der Waals surface area contributed by atoms with Crippen molar-refractivity contribution < 1.29 is 14.7 Å². The summed E-state index contributed by atoms with van der Waals surface area (Å²) in [4.78, 5) is 25.6. The molecule has 1 saturated heterocycles. The minimum atomic E-state index is -0.760. The molecule has 1 heterocycles. The molecule has 5 nitrogen and oxygen atoms in total. The third-order valence-electron chi connectivity index (χ3n) is 4.94. The fraction of sp³-hybridized carbons (Fsp3) is 0.875. The van der Waals surface area contributed by atoms with Crippen molar-refractivity contribution in [1.82, 2.24) is 10.2 Å². The van der Waals surface area contributed by atoms with Crippen LogP contribution in [0.1, 0.15) is 52.9 Å². The first-order chi connectivity index (χ1) is 9.77. The second-order valence-electron chi connectivity index (χ2n) is 7.49. The number of nitrogens with zero attached hydrogens (tertiary/aromatic N) is 1. The molecule has 2 aliphatic rings. The van der Waals surface area contributed by atoms with Crippen molar-refractivity contribution in [3.63, 3.8) is 0 Å². The highest BCUT2D eigenvalue weighted by Gasteiger charge is 2.35. The number of likely N-dealkylation sites (tertiary alicyclic amines) is 1. The van der Waals surface area contributed by atoms with Crippen LogP contribution >= 0.6 is 0 Å². The van der Waals surface area contributed by atoms with Gasteiger partial charge in [-0.2, -0.15) is 0 Å². The molecule has 0 spiro atoms. The Morgan fingerprint density at radius 3 is 2.10 bits per heavy atom. The number of hydrogen-bond donors (Lipinski definition) is 2. The molecule has 120 valence electrons. The molecule has 0 radical (unpaired) electrons. The molecule has 5 heteroatoms. The second-order valence-corrected chi connectivity index (χ2v) is 7.49. The van der Waals surface area contributed by atoms with E-state index in [-0.39, 0.29) is 29.3 Å². The fourth-order valence-electron chi connectivity index (χ4n) is 3.46. The summed E-state index contributed by atoms with van der Waals surface area (Å²) in [6.07, 6.45) is 3.82. The lowest BCUT2D eigenvalue weighted by atomic mass is 9.97. The lowest BCUT2D eigenvalue weighted by Gasteiger charge is -2.41. The number of piperidine rings is 1. The van der Waals surface area contributed by atoms with Crippen molar-refractivity contribution >= 4 is 11.9 Å². The monoisotopic (exact) mass is 296 g/mol. The van der Waals surface area contributed by atoms with Gasteiger partial charge in [0.2, 0.25) is 5.91 Å². The van der Waals surface area contributed by atoms with Gasteiger partial charge in [0, 0.05) is 30.6 Å². The van der Waals surface area contributed by atoms with Crippen LogP contribution in [0, 0.1) is 11.8 Å². The van der Waals surface area contributed by atoms with Crippen molar-refractivity contribution in [3.8, 4) is 0 Å². The molecule has 0 aromatic rings. The number of nitrogens with one attached hydrogen (secondary N) is 1. The summed E-state index contributed by atoms with van der Waals surface area (Å²) >= 11 is 0. The summed E-state index contributed by atoms with van der Waals surface area (Å²) in [5.74, 6) is -1.13. The number of hydrogen-bond acceptors (Lipinski definition) is 3. The molecule has 0 aromatic carbocycles. The van der Waals surface area contributed by atoms with Gasteiger partial charge in [-0.15, -0.1) is 0 Å². The minimum absolute atomic E-state index is 0.0629. The second kappa shape index (κ2) is 6.34. The maximum atomic E-state index is 12.2. The zero-order valence-electron chi connectivity index (χ0n) is 13.4. The van der Waals surface area contributed by atoms with Gasteiger partial charge in [-0.3, -0.25) is 14.5 Å². The lowest BCUT2D eigenvalue weighted by Crippen LogP contribution is -2.51. The van der Waals surface area contributed by atoms with Gasteiger partial charge in [-0.1, -0.05) is 0 Å². The van der Waals surface area contributed by atoms with Gasteiger partial charge in [0.15, 0.2) is 0 Å². The van der Waals surface area contributed by atoms with E-state index in [1.807, 2.05) is 0 Å². The first-order valence-electron chi connectivity index (χ1n) is 8.05. The van der Waals surface area contributed by atoms with Crippen LogP contribution < -0.4 is 5.32 Å². The first kappa shape index (κ1) is 16.3. The molecular weight excluding hydrogens is 268 g/mol. The number of carbonyl (C=O) groups excluding carboxylic acids is 1. The van der Waals surface area contributed by atoms with E-state index in [0.717, 1.165) is 25.9 Å². The van der Waals surface area contributed by atoms with Crippen molar-refractivity contribution in [3.05, 3.63) is 0 Å². The zero-order chi connectivity index (χ0) is 15.6. The normalized spacial score (nSPS) is 28.5. The quantitative estimate of drug-likeness (QED) is 0.834. The van der Waals surface area contributed by atoms with Crippen LogP contribution in [0.3, 0.4) is 0 Å². The minimum Gasteiger partial charge on any atom is -0.481 e. The van der Waals surface area contributed by atoms with E-state index in [1.54, 1.807) is 0 Å². The SMILES string of the molecule is CC(C)(C)N1CCC(NC(=O)[C@@H]2CC[C@H](C(=O)O)C2)CC1. The maximum Gasteiger partial charge on any atom is 0.306 e. The van der Waals surface area contributed by atoms with Crippen LogP contribution in [-0.4, -0.2) is 46.6 Å². The molecule has 2 atom stereocenters. The maximum absolute atomic E-state index is 12.2. The number of carboxylic acid groups (broad SMARTS) is 1. The van der Waals surface area contributed by atoms with Crippen LogP contribution in [0.15, 0.2) is 0 Å². The van der Waals surface area contributed by atoms with Crippen LogP contribution in [0.4, 0.5) is 0 Å². The van der Waals surface area contributed by atoms with E-state index in [0.29, 0.717) is 19.3 Å². The van der Waals surface area contributed by atoms with E-state index in [9.17, 15) is 9.59 Å². The highest BCUT2D eigenvalue weighted by atomic mass is 16.4. The Kier molecular flexibility index (Phi) is 4.91. The van der Waals surface area contributed by atoms with Gasteiger partial charge in [0.1, 0.15) is 0 Å². The Morgan fingerprint density at radius 2 is 1.62 bits per heavy atom. The molecule has 1 saturated carbocycles. The number of rotatable bonds is 3. The average Bonchev–Trinajstić information content (AvgIpc) is 2.88. The number of carbonyl (C=O) groups is 2. The van der Waals surface area contributed by atoms with Gasteiger partial charge in [-0.25, -0.2) is 0 Å². The van der Waals surface area contributed by atoms with Gasteiger partial charge in [0.25, 0.3) is 0 Å². The molecule has 0 aromatic heterocycles. The van der Waals surface area contributed by atoms with Crippen molar-refractivity contribution in [2.24, 2.45) is 11.8 Å². The first-order valence-corrected chi connectivity index (χ1v) is 8.05. The number of carboxylic acids is 1. The van der Waals surface area contributed by atoms with E-state index in [1.165, 1.54) is 0 Å². The standard InChI is InChI=1S/C16H28N2O3/c1-16(2,3)18-8-6-13(7-9-18)17-14(19)11-4-5-12(10-11)15(20)21/h11-13H,4-10H2,1-3H3,(H,17,19)(H,20,21)/t11-,12+/m1/s1. The largest absolute Gasteiger partial charge is 0.481 e. The average molecular weight is 296 g/mol. The Balaban J connectivity index is 1.76. The van der Waals surface area contributed by atoms with Crippen molar-refractivity contribution in [2.45, 2.75) is 64.5 Å². The van der Waals surface area contributed by atoms with E-state index in [2.05, 4.69) is 31.0 Å². The summed E-state index contributed by atoms with van der Waals surface area (Å²) in [5.41, 5.74) is 0.190. The van der Waals surface area contributed by atoms with Crippen molar-refractivity contribution in [2.75, 3.05) is 13.1 Å². The van der Waals surface area contributed by atoms with Gasteiger partial charge in [0.05, 0.1) is 5.92 Å². The van der Waals surface area contributed by atoms with Gasteiger partial charge < -0.3 is 10.4 Å². The summed E-state index contributed by atoms with van der Waals surface area (Å²) < 4.78 is 0. The topological polar surface area (TPSA) is 69.6 Å². The third-order valence-corrected chi connectivity index (χ3v) is 4.94. The molecule has 1 amide bonds. The molecule has 2 N–H and O–H groups in total. The Labute approximate surface area is 127 Å². The predicted octanol–water partition coefficient (Wildman–Crippen LogP) is 1.87. The third kappa shape index (κ3) is 4.19. The summed E-state index contributed by atoms with van der Waals surface area (Å²) in [6.45, 7) is 8.68. The van der Waals surface area contributed by atoms with Crippen LogP contribution in [0.5, 0.6) is 0 Å². The van der Waals surface area contributed by atoms with E-state index in [4.69, 9.17) is 5.11 Å². The van der Waals surface area contributed by atoms with Crippen LogP contribution in [-0.2, 0) is 9.59 Å². The van der Waals surface area contributed by atoms with Crippen molar-refractivity contribution in [1.29, 1.82) is 0 Å². The summed E-state index contributed by atoms with van der Waals surface area (Å²) in [5, 5.41) is 12.1. The zero-order valence-corrected chi connectivity index (χ0v) is 13.4. The smallest absolute Gasteiger partial charge is 0.306 e. The molecule has 21 heavy (non-hydrogen) atoms. The molecule has 0 unspecified atom stereocenters. The van der Waals surface area contributed by atoms with Gasteiger partial charge >= 0.3 is 5.97 Å². The fourth-order valence-corrected chi connectivity index (χ4v) is 3.46. The number of amides is 1. The molecule has 1 aliphatic heterocycles. The highest BCUT2D eigenvalue weighted by Crippen LogP contribution is 2.31. The number of aliphatic carboxylic acids is 1. The van der Waals surface area contributed by atoms with Crippen LogP contribution in [0.2, 0.25) is 0 Å². The Bertz CT molecular complexity index is 395. The summed E-state index contributed by atoms with van der Waals surface area (Å²) in [6, 6.07) is 0.250. The lowest BCUT2D eigenvalue weighted by molar-refractivity contribution is -0.141. The van der Waals surface area contributed by atoms with E-state index < -0.39 is 5.97 Å². The molecule has 0 bridgehead atoms. The molecule has 2 fully saturated rings. The highest BCUT2D eigenvalue weighted by molar-refractivity contribution is 5.81. The molecular formula is C16H28N2O3. The van der Waals surface area contributed by atoms with Crippen LogP contribution in [0.25, 0.3) is 0 Å². The molecule has 1 aliphatic carbocycles. The van der Waals surface area contributed by atoms with E-state index >= 15 is 0 Å². The molecule has 2 rings (SSSR count). The Hall–Kier alpha value is -1.10. The summed E-state index contributed by atoms with van der Waals surface area (Å²) in [7, 11) is 0. The van der Waals surface area contributed by atoms with Gasteiger partial charge in [-0.05, 0) is 52.9 Å².